The minimum absolute atomic E-state index is 0.151. The van der Waals surface area contributed by atoms with E-state index in [0.717, 1.165) is 31.4 Å². The fraction of sp³-hybridized carbons (Fsp3) is 0. The van der Waals surface area contributed by atoms with Crippen molar-refractivity contribution in [2.24, 2.45) is 0 Å². The highest BCUT2D eigenvalue weighted by Crippen LogP contribution is 2.34. The van der Waals surface area contributed by atoms with E-state index in [2.05, 4.69) is 16.4 Å². The molecular weight excluding hydrogens is 348 g/mol. The second-order valence-electron chi connectivity index (χ2n) is 5.37. The second kappa shape index (κ2) is 7.01. The topological polar surface area (TPSA) is 42.0 Å². The van der Waals surface area contributed by atoms with E-state index in [1.165, 1.54) is 0 Å². The predicted molar refractivity (Wildman–Crippen MR) is 107 cm³/mol. The number of para-hydroxylation sites is 2. The summed E-state index contributed by atoms with van der Waals surface area (Å²) in [5.41, 5.74) is 2.67. The molecular formula is C20H14N2OS2. The number of anilines is 1. The maximum Gasteiger partial charge on any atom is 0.248 e. The Morgan fingerprint density at radius 1 is 1.00 bits per heavy atom. The summed E-state index contributed by atoms with van der Waals surface area (Å²) in [4.78, 5) is 18.0. The first kappa shape index (κ1) is 15.7. The summed E-state index contributed by atoms with van der Waals surface area (Å²) >= 11 is 3.22. The molecule has 25 heavy (non-hydrogen) atoms. The molecule has 122 valence electrons. The quantitative estimate of drug-likeness (QED) is 0.475. The first-order chi connectivity index (χ1) is 12.3. The molecule has 0 aliphatic rings. The molecule has 0 saturated heterocycles. The van der Waals surface area contributed by atoms with E-state index in [0.29, 0.717) is 0 Å². The van der Waals surface area contributed by atoms with E-state index in [1.807, 2.05) is 66.1 Å². The van der Waals surface area contributed by atoms with Crippen LogP contribution in [0.5, 0.6) is 0 Å². The number of thiazole rings is 1. The van der Waals surface area contributed by atoms with E-state index in [9.17, 15) is 4.79 Å². The Morgan fingerprint density at radius 3 is 2.68 bits per heavy atom. The van der Waals surface area contributed by atoms with Gasteiger partial charge < -0.3 is 5.32 Å². The van der Waals surface area contributed by atoms with Crippen LogP contribution < -0.4 is 5.32 Å². The largest absolute Gasteiger partial charge is 0.322 e. The minimum Gasteiger partial charge on any atom is -0.322 e. The highest BCUT2D eigenvalue weighted by Gasteiger charge is 2.11. The molecule has 0 unspecified atom stereocenters. The summed E-state index contributed by atoms with van der Waals surface area (Å²) in [6.45, 7) is 0. The molecule has 3 nitrogen and oxygen atoms in total. The molecule has 0 bridgehead atoms. The lowest BCUT2D eigenvalue weighted by atomic mass is 10.2. The van der Waals surface area contributed by atoms with Gasteiger partial charge in [0.15, 0.2) is 0 Å². The predicted octanol–water partition coefficient (Wildman–Crippen LogP) is 5.68. The number of nitrogens with one attached hydrogen (secondary N) is 1. The van der Waals surface area contributed by atoms with Crippen molar-refractivity contribution in [1.82, 2.24) is 4.98 Å². The van der Waals surface area contributed by atoms with Gasteiger partial charge in [0.05, 0.1) is 15.9 Å². The Kier molecular flexibility index (Phi) is 4.41. The van der Waals surface area contributed by atoms with Crippen molar-refractivity contribution in [2.75, 3.05) is 5.32 Å². The summed E-state index contributed by atoms with van der Waals surface area (Å²) in [6, 6.07) is 19.7. The highest BCUT2D eigenvalue weighted by molar-refractivity contribution is 7.21. The number of nitrogens with zero attached hydrogens (tertiary/aromatic N) is 1. The second-order valence-corrected chi connectivity index (χ2v) is 7.38. The Hall–Kier alpha value is -2.76. The molecule has 0 fully saturated rings. The van der Waals surface area contributed by atoms with Crippen molar-refractivity contribution >= 4 is 50.6 Å². The first-order valence-electron chi connectivity index (χ1n) is 7.77. The Balaban J connectivity index is 1.61. The van der Waals surface area contributed by atoms with Crippen molar-refractivity contribution < 1.29 is 4.79 Å². The summed E-state index contributed by atoms with van der Waals surface area (Å²) < 4.78 is 1.14. The normalized spacial score (nSPS) is 11.2. The Labute approximate surface area is 153 Å². The van der Waals surface area contributed by atoms with Gasteiger partial charge in [-0.1, -0.05) is 30.3 Å². The third-order valence-electron chi connectivity index (χ3n) is 3.65. The van der Waals surface area contributed by atoms with Crippen molar-refractivity contribution in [2.45, 2.75) is 0 Å². The van der Waals surface area contributed by atoms with Crippen LogP contribution in [0.3, 0.4) is 0 Å². The third kappa shape index (κ3) is 3.52. The van der Waals surface area contributed by atoms with Crippen LogP contribution in [0.1, 0.15) is 4.88 Å². The van der Waals surface area contributed by atoms with Gasteiger partial charge in [-0.05, 0) is 41.8 Å². The van der Waals surface area contributed by atoms with Gasteiger partial charge in [-0.25, -0.2) is 4.98 Å². The van der Waals surface area contributed by atoms with Gasteiger partial charge in [0.25, 0.3) is 0 Å². The zero-order valence-electron chi connectivity index (χ0n) is 13.2. The van der Waals surface area contributed by atoms with Crippen LogP contribution in [0, 0.1) is 0 Å². The molecule has 4 rings (SSSR count). The van der Waals surface area contributed by atoms with E-state index in [4.69, 9.17) is 0 Å². The molecule has 4 aromatic rings. The van der Waals surface area contributed by atoms with Crippen LogP contribution in [-0.4, -0.2) is 10.9 Å². The smallest absolute Gasteiger partial charge is 0.248 e. The number of hydrogen-bond donors (Lipinski definition) is 1. The molecule has 2 aromatic carbocycles. The van der Waals surface area contributed by atoms with Crippen LogP contribution in [0.15, 0.2) is 72.1 Å². The number of thiophene rings is 1. The van der Waals surface area contributed by atoms with E-state index in [-0.39, 0.29) is 5.91 Å². The lowest BCUT2D eigenvalue weighted by molar-refractivity contribution is -0.111. The number of rotatable bonds is 4. The van der Waals surface area contributed by atoms with Gasteiger partial charge >= 0.3 is 0 Å². The number of benzene rings is 2. The highest BCUT2D eigenvalue weighted by atomic mass is 32.1. The molecule has 0 spiro atoms. The van der Waals surface area contributed by atoms with Gasteiger partial charge in [0.2, 0.25) is 5.91 Å². The summed E-state index contributed by atoms with van der Waals surface area (Å²) in [7, 11) is 0. The molecule has 0 atom stereocenters. The SMILES string of the molecule is O=C(C=Cc1cccs1)Nc1ccccc1-c1nc2ccccc2s1. The summed E-state index contributed by atoms with van der Waals surface area (Å²) in [5.74, 6) is -0.151. The van der Waals surface area contributed by atoms with Crippen LogP contribution in [0.2, 0.25) is 0 Å². The number of carbonyl (C=O) groups excluding carboxylic acids is 1. The Morgan fingerprint density at radius 2 is 1.84 bits per heavy atom. The fourth-order valence-electron chi connectivity index (χ4n) is 2.48. The standard InChI is InChI=1S/C20H14N2OS2/c23-19(12-11-14-6-5-13-24-14)21-16-8-2-1-7-15(16)20-22-17-9-3-4-10-18(17)25-20/h1-13H,(H,21,23). The zero-order chi connectivity index (χ0) is 17.1. The van der Waals surface area contributed by atoms with E-state index in [1.54, 1.807) is 28.7 Å². The maximum absolute atomic E-state index is 12.3. The number of aromatic nitrogens is 1. The molecule has 0 aliphatic heterocycles. The van der Waals surface area contributed by atoms with E-state index >= 15 is 0 Å². The van der Waals surface area contributed by atoms with Crippen molar-refractivity contribution in [3.8, 4) is 10.6 Å². The molecule has 2 heterocycles. The van der Waals surface area contributed by atoms with Gasteiger partial charge in [-0.15, -0.1) is 22.7 Å². The maximum atomic E-state index is 12.3. The van der Waals surface area contributed by atoms with Gasteiger partial charge in [0.1, 0.15) is 5.01 Å². The Bertz CT molecular complexity index is 1020. The van der Waals surface area contributed by atoms with Crippen LogP contribution >= 0.6 is 22.7 Å². The lowest BCUT2D eigenvalue weighted by Crippen LogP contribution is -2.08. The molecule has 1 amide bonds. The molecule has 0 radical (unpaired) electrons. The average Bonchev–Trinajstić information content (AvgIpc) is 3.30. The van der Waals surface area contributed by atoms with Gasteiger partial charge in [-0.2, -0.15) is 0 Å². The minimum atomic E-state index is -0.151. The van der Waals surface area contributed by atoms with Crippen molar-refractivity contribution in [3.63, 3.8) is 0 Å². The molecule has 0 aliphatic carbocycles. The fourth-order valence-corrected chi connectivity index (χ4v) is 4.11. The lowest BCUT2D eigenvalue weighted by Gasteiger charge is -2.07. The molecule has 5 heteroatoms. The van der Waals surface area contributed by atoms with Gasteiger partial charge in [-0.3, -0.25) is 4.79 Å². The van der Waals surface area contributed by atoms with Crippen LogP contribution in [0.4, 0.5) is 5.69 Å². The third-order valence-corrected chi connectivity index (χ3v) is 5.56. The monoisotopic (exact) mass is 362 g/mol. The van der Waals surface area contributed by atoms with Gasteiger partial charge in [0, 0.05) is 16.5 Å². The van der Waals surface area contributed by atoms with Crippen molar-refractivity contribution in [1.29, 1.82) is 0 Å². The molecule has 1 N–H and O–H groups in total. The number of carbonyl (C=O) groups is 1. The van der Waals surface area contributed by atoms with Crippen LogP contribution in [0.25, 0.3) is 26.9 Å². The average molecular weight is 362 g/mol. The zero-order valence-corrected chi connectivity index (χ0v) is 14.8. The number of hydrogen-bond acceptors (Lipinski definition) is 4. The molecule has 0 saturated carbocycles. The first-order valence-corrected chi connectivity index (χ1v) is 9.47. The molecule has 2 aromatic heterocycles. The summed E-state index contributed by atoms with van der Waals surface area (Å²) in [5, 5.41) is 5.85. The number of fused-ring (bicyclic) bond motifs is 1. The number of amides is 1. The van der Waals surface area contributed by atoms with Crippen molar-refractivity contribution in [3.05, 3.63) is 77.0 Å². The van der Waals surface area contributed by atoms with E-state index < -0.39 is 0 Å². The van der Waals surface area contributed by atoms with Crippen LogP contribution in [-0.2, 0) is 4.79 Å². The summed E-state index contributed by atoms with van der Waals surface area (Å²) in [6.07, 6.45) is 3.38.